The van der Waals surface area contributed by atoms with Crippen LogP contribution in [0.3, 0.4) is 0 Å². The number of nitrogens with zero attached hydrogens (tertiary/aromatic N) is 2. The molecule has 0 aliphatic carbocycles. The maximum Gasteiger partial charge on any atom is 0.0738 e. The van der Waals surface area contributed by atoms with E-state index in [1.54, 1.807) is 0 Å². The Hall–Kier alpha value is -0.780. The lowest BCUT2D eigenvalue weighted by Gasteiger charge is -2.13. The molecule has 3 nitrogen and oxygen atoms in total. The lowest BCUT2D eigenvalue weighted by Crippen LogP contribution is -2.27. The predicted octanol–water partition coefficient (Wildman–Crippen LogP) is 3.94. The second kappa shape index (κ2) is 7.47. The van der Waals surface area contributed by atoms with Crippen molar-refractivity contribution in [3.05, 3.63) is 45.7 Å². The van der Waals surface area contributed by atoms with Crippen LogP contribution >= 0.6 is 27.7 Å². The first-order valence-electron chi connectivity index (χ1n) is 7.18. The van der Waals surface area contributed by atoms with Crippen molar-refractivity contribution in [3.8, 4) is 0 Å². The zero-order valence-electron chi connectivity index (χ0n) is 12.8. The first kappa shape index (κ1) is 16.6. The predicted molar refractivity (Wildman–Crippen MR) is 93.9 cm³/mol. The van der Waals surface area contributed by atoms with Crippen LogP contribution in [0.15, 0.2) is 33.6 Å². The molecule has 0 fully saturated rings. The molecular weight excluding hydrogens is 346 g/mol. The topological polar surface area (TPSA) is 43.8 Å². The monoisotopic (exact) mass is 367 g/mol. The van der Waals surface area contributed by atoms with Gasteiger partial charge in [-0.1, -0.05) is 17.7 Å². The van der Waals surface area contributed by atoms with E-state index >= 15 is 0 Å². The minimum atomic E-state index is 0.119. The zero-order chi connectivity index (χ0) is 15.4. The lowest BCUT2D eigenvalue weighted by molar-refractivity contribution is 0.593. The normalized spacial score (nSPS) is 12.6. The number of hydrogen-bond donors (Lipinski definition) is 1. The Morgan fingerprint density at radius 2 is 2.14 bits per heavy atom. The van der Waals surface area contributed by atoms with Crippen LogP contribution in [-0.2, 0) is 13.0 Å². The number of benzene rings is 1. The second-order valence-electron chi connectivity index (χ2n) is 5.25. The van der Waals surface area contributed by atoms with Crippen LogP contribution in [0, 0.1) is 13.8 Å². The Morgan fingerprint density at radius 1 is 1.38 bits per heavy atom. The Kier molecular flexibility index (Phi) is 5.90. The summed E-state index contributed by atoms with van der Waals surface area (Å²) in [4.78, 5) is 1.28. The smallest absolute Gasteiger partial charge is 0.0738 e. The van der Waals surface area contributed by atoms with Crippen molar-refractivity contribution < 1.29 is 0 Å². The molecule has 114 valence electrons. The molecule has 0 amide bonds. The molecule has 1 heterocycles. The van der Waals surface area contributed by atoms with Gasteiger partial charge in [0.15, 0.2) is 0 Å². The van der Waals surface area contributed by atoms with Gasteiger partial charge in [-0.25, -0.2) is 0 Å². The average molecular weight is 368 g/mol. The molecule has 5 heteroatoms. The number of halogens is 1. The Labute approximate surface area is 139 Å². The highest BCUT2D eigenvalue weighted by atomic mass is 79.9. The highest BCUT2D eigenvalue weighted by Gasteiger charge is 2.15. The van der Waals surface area contributed by atoms with E-state index in [0.29, 0.717) is 0 Å². The lowest BCUT2D eigenvalue weighted by atomic mass is 10.2. The van der Waals surface area contributed by atoms with Crippen LogP contribution < -0.4 is 5.73 Å². The van der Waals surface area contributed by atoms with Crippen molar-refractivity contribution >= 4 is 27.7 Å². The standard InChI is InChI=1S/C16H22BrN3S/c1-4-20-15(16(17)12(3)19-20)9-13(18)10-21-14-7-5-6-11(2)8-14/h5-8,13H,4,9-10,18H2,1-3H3. The van der Waals surface area contributed by atoms with Crippen molar-refractivity contribution in [1.82, 2.24) is 9.78 Å². The number of thioether (sulfide) groups is 1. The Bertz CT molecular complexity index is 610. The van der Waals surface area contributed by atoms with E-state index in [9.17, 15) is 0 Å². The van der Waals surface area contributed by atoms with Crippen LogP contribution in [0.5, 0.6) is 0 Å². The summed E-state index contributed by atoms with van der Waals surface area (Å²) in [7, 11) is 0. The van der Waals surface area contributed by atoms with Gasteiger partial charge in [0.1, 0.15) is 0 Å². The van der Waals surface area contributed by atoms with Gasteiger partial charge < -0.3 is 5.73 Å². The van der Waals surface area contributed by atoms with E-state index in [4.69, 9.17) is 5.73 Å². The highest BCUT2D eigenvalue weighted by molar-refractivity contribution is 9.10. The van der Waals surface area contributed by atoms with Crippen LogP contribution in [0.1, 0.15) is 23.9 Å². The third-order valence-corrected chi connectivity index (χ3v) is 5.58. The first-order chi connectivity index (χ1) is 10.0. The minimum Gasteiger partial charge on any atom is -0.327 e. The number of aromatic nitrogens is 2. The summed E-state index contributed by atoms with van der Waals surface area (Å²) in [6.07, 6.45) is 0.841. The molecule has 1 atom stereocenters. The summed E-state index contributed by atoms with van der Waals surface area (Å²) in [6.45, 7) is 7.12. The van der Waals surface area contributed by atoms with Crippen molar-refractivity contribution in [1.29, 1.82) is 0 Å². The molecule has 2 aromatic rings. The maximum atomic E-state index is 6.31. The van der Waals surface area contributed by atoms with Gasteiger partial charge in [0.05, 0.1) is 15.9 Å². The number of hydrogen-bond acceptors (Lipinski definition) is 3. The molecule has 1 unspecified atom stereocenters. The summed E-state index contributed by atoms with van der Waals surface area (Å²) in [5.41, 5.74) is 9.83. The molecule has 0 saturated heterocycles. The van der Waals surface area contributed by atoms with Gasteiger partial charge in [0, 0.05) is 29.7 Å². The average Bonchev–Trinajstić information content (AvgIpc) is 2.73. The van der Waals surface area contributed by atoms with Crippen molar-refractivity contribution in [3.63, 3.8) is 0 Å². The van der Waals surface area contributed by atoms with E-state index in [2.05, 4.69) is 59.1 Å². The van der Waals surface area contributed by atoms with Crippen LogP contribution in [-0.4, -0.2) is 21.6 Å². The molecule has 0 spiro atoms. The molecule has 0 radical (unpaired) electrons. The van der Waals surface area contributed by atoms with Gasteiger partial charge >= 0.3 is 0 Å². The summed E-state index contributed by atoms with van der Waals surface area (Å²) < 4.78 is 3.14. The summed E-state index contributed by atoms with van der Waals surface area (Å²) in [5.74, 6) is 0.907. The number of rotatable bonds is 6. The van der Waals surface area contributed by atoms with Gasteiger partial charge in [-0.15, -0.1) is 11.8 Å². The molecule has 1 aromatic heterocycles. The maximum absolute atomic E-state index is 6.31. The van der Waals surface area contributed by atoms with Crippen molar-refractivity contribution in [2.45, 2.75) is 44.7 Å². The fourth-order valence-electron chi connectivity index (χ4n) is 2.28. The quantitative estimate of drug-likeness (QED) is 0.786. The molecule has 0 bridgehead atoms. The van der Waals surface area contributed by atoms with Crippen molar-refractivity contribution in [2.75, 3.05) is 5.75 Å². The van der Waals surface area contributed by atoms with Crippen molar-refractivity contribution in [2.24, 2.45) is 5.73 Å². The fourth-order valence-corrected chi connectivity index (χ4v) is 3.69. The first-order valence-corrected chi connectivity index (χ1v) is 8.96. The van der Waals surface area contributed by atoms with Gasteiger partial charge in [0.25, 0.3) is 0 Å². The molecule has 0 aliphatic heterocycles. The van der Waals surface area contributed by atoms with Crippen LogP contribution in [0.4, 0.5) is 0 Å². The van der Waals surface area contributed by atoms with Gasteiger partial charge in [-0.05, 0) is 48.8 Å². The van der Waals surface area contributed by atoms with Gasteiger partial charge in [-0.2, -0.15) is 5.10 Å². The molecule has 0 aliphatic rings. The second-order valence-corrected chi connectivity index (χ2v) is 7.14. The Balaban J connectivity index is 1.97. The molecule has 2 N–H and O–H groups in total. The highest BCUT2D eigenvalue weighted by Crippen LogP contribution is 2.24. The van der Waals surface area contributed by atoms with E-state index in [1.807, 2.05) is 23.4 Å². The molecular formula is C16H22BrN3S. The van der Waals surface area contributed by atoms with Crippen LogP contribution in [0.2, 0.25) is 0 Å². The van der Waals surface area contributed by atoms with Crippen LogP contribution in [0.25, 0.3) is 0 Å². The third kappa shape index (κ3) is 4.34. The summed E-state index contributed by atoms with van der Waals surface area (Å²) in [5, 5.41) is 4.52. The largest absolute Gasteiger partial charge is 0.327 e. The minimum absolute atomic E-state index is 0.119. The summed E-state index contributed by atoms with van der Waals surface area (Å²) in [6, 6.07) is 8.67. The fraction of sp³-hybridized carbons (Fsp3) is 0.438. The zero-order valence-corrected chi connectivity index (χ0v) is 15.2. The van der Waals surface area contributed by atoms with E-state index in [-0.39, 0.29) is 6.04 Å². The van der Waals surface area contributed by atoms with E-state index in [0.717, 1.165) is 28.9 Å². The van der Waals surface area contributed by atoms with Gasteiger partial charge in [-0.3, -0.25) is 4.68 Å². The number of nitrogens with two attached hydrogens (primary N) is 1. The van der Waals surface area contributed by atoms with Gasteiger partial charge in [0.2, 0.25) is 0 Å². The molecule has 21 heavy (non-hydrogen) atoms. The van der Waals surface area contributed by atoms with E-state index in [1.165, 1.54) is 16.2 Å². The number of aryl methyl sites for hydroxylation is 3. The molecule has 0 saturated carbocycles. The molecule has 1 aromatic carbocycles. The summed E-state index contributed by atoms with van der Waals surface area (Å²) >= 11 is 5.45. The SMILES string of the molecule is CCn1nc(C)c(Br)c1CC(N)CSc1cccc(C)c1. The Morgan fingerprint density at radius 3 is 2.81 bits per heavy atom. The third-order valence-electron chi connectivity index (χ3n) is 3.36. The molecule has 2 rings (SSSR count). The van der Waals surface area contributed by atoms with E-state index < -0.39 is 0 Å².